The van der Waals surface area contributed by atoms with Gasteiger partial charge in [-0.15, -0.1) is 0 Å². The molecular weight excluding hydrogens is 319 g/mol. The van der Waals surface area contributed by atoms with Crippen LogP contribution in [0.1, 0.15) is 42.4 Å². The normalized spacial score (nSPS) is 22.6. The average molecular weight is 338 g/mol. The largest absolute Gasteiger partial charge is 0.444 e. The molecule has 4 rings (SSSR count). The third-order valence-electron chi connectivity index (χ3n) is 4.98. The van der Waals surface area contributed by atoms with Gasteiger partial charge in [-0.25, -0.2) is 4.39 Å². The number of piperidine rings is 1. The lowest BCUT2D eigenvalue weighted by Gasteiger charge is -2.26. The van der Waals surface area contributed by atoms with Crippen molar-refractivity contribution in [1.29, 1.82) is 5.26 Å². The number of nitrogens with zero attached hydrogens (tertiary/aromatic N) is 1. The first-order chi connectivity index (χ1) is 12.1. The molecule has 0 bridgehead atoms. The van der Waals surface area contributed by atoms with E-state index in [0.717, 1.165) is 31.5 Å². The molecule has 5 heteroatoms. The van der Waals surface area contributed by atoms with Crippen molar-refractivity contribution in [3.8, 4) is 17.6 Å². The number of rotatable bonds is 2. The number of hydrogen-bond acceptors (Lipinski definition) is 4. The van der Waals surface area contributed by atoms with Gasteiger partial charge in [-0.3, -0.25) is 0 Å². The Morgan fingerprint density at radius 2 is 2.00 bits per heavy atom. The summed E-state index contributed by atoms with van der Waals surface area (Å²) in [5, 5.41) is 12.3. The third-order valence-corrected chi connectivity index (χ3v) is 4.98. The minimum absolute atomic E-state index is 0.274. The molecule has 1 saturated heterocycles. The van der Waals surface area contributed by atoms with Gasteiger partial charge >= 0.3 is 0 Å². The highest BCUT2D eigenvalue weighted by atomic mass is 19.1. The molecule has 1 atom stereocenters. The topological polar surface area (TPSA) is 54.3 Å². The van der Waals surface area contributed by atoms with E-state index < -0.39 is 11.6 Å². The molecule has 0 saturated carbocycles. The first-order valence-corrected chi connectivity index (χ1v) is 8.52. The molecule has 128 valence electrons. The van der Waals surface area contributed by atoms with E-state index in [1.54, 1.807) is 19.1 Å². The van der Waals surface area contributed by atoms with Crippen LogP contribution in [0.4, 0.5) is 4.39 Å². The summed E-state index contributed by atoms with van der Waals surface area (Å²) < 4.78 is 26.7. The highest BCUT2D eigenvalue weighted by Gasteiger charge is 2.42. The molecule has 2 aromatic carbocycles. The van der Waals surface area contributed by atoms with Crippen LogP contribution in [-0.4, -0.2) is 13.1 Å². The molecule has 2 heterocycles. The van der Waals surface area contributed by atoms with Gasteiger partial charge in [0.1, 0.15) is 5.82 Å². The van der Waals surface area contributed by atoms with Gasteiger partial charge in [-0.1, -0.05) is 12.1 Å². The fourth-order valence-corrected chi connectivity index (χ4v) is 3.67. The average Bonchev–Trinajstić information content (AvgIpc) is 2.99. The summed E-state index contributed by atoms with van der Waals surface area (Å²) in [7, 11) is 0. The summed E-state index contributed by atoms with van der Waals surface area (Å²) in [6, 6.07) is 12.2. The van der Waals surface area contributed by atoms with Crippen LogP contribution in [0, 0.1) is 17.1 Å². The first kappa shape index (κ1) is 15.9. The van der Waals surface area contributed by atoms with Crippen molar-refractivity contribution in [1.82, 2.24) is 5.32 Å². The van der Waals surface area contributed by atoms with Crippen LogP contribution in [0.2, 0.25) is 0 Å². The second kappa shape index (κ2) is 6.05. The molecule has 1 fully saturated rings. The van der Waals surface area contributed by atoms with E-state index in [1.165, 1.54) is 6.07 Å². The predicted molar refractivity (Wildman–Crippen MR) is 91.0 cm³/mol. The molecular formula is C20H19FN2O2. The molecule has 0 amide bonds. The monoisotopic (exact) mass is 338 g/mol. The van der Waals surface area contributed by atoms with Crippen LogP contribution in [0.15, 0.2) is 36.4 Å². The molecule has 0 aliphatic carbocycles. The second-order valence-electron chi connectivity index (χ2n) is 6.66. The van der Waals surface area contributed by atoms with Gasteiger partial charge in [0.2, 0.25) is 0 Å². The van der Waals surface area contributed by atoms with Gasteiger partial charge in [0, 0.05) is 12.5 Å². The molecule has 4 nitrogen and oxygen atoms in total. The van der Waals surface area contributed by atoms with Crippen LogP contribution in [-0.2, 0) is 5.79 Å². The molecule has 0 aromatic heterocycles. The molecule has 2 aliphatic heterocycles. The fraction of sp³-hybridized carbons (Fsp3) is 0.350. The summed E-state index contributed by atoms with van der Waals surface area (Å²) in [5.41, 5.74) is 1.69. The number of ether oxygens (including phenoxy) is 2. The molecule has 2 aliphatic rings. The number of para-hydroxylation sites is 1. The Labute approximate surface area is 146 Å². The maximum absolute atomic E-state index is 14.5. The second-order valence-corrected chi connectivity index (χ2v) is 6.66. The van der Waals surface area contributed by atoms with E-state index in [4.69, 9.17) is 14.7 Å². The molecule has 25 heavy (non-hydrogen) atoms. The minimum atomic E-state index is -1.23. The molecule has 0 radical (unpaired) electrons. The first-order valence-electron chi connectivity index (χ1n) is 8.52. The lowest BCUT2D eigenvalue weighted by molar-refractivity contribution is -0.0711. The van der Waals surface area contributed by atoms with Crippen molar-refractivity contribution in [3.05, 3.63) is 58.9 Å². The van der Waals surface area contributed by atoms with Gasteiger partial charge in [0.05, 0.1) is 17.2 Å². The number of benzene rings is 2. The summed E-state index contributed by atoms with van der Waals surface area (Å²) >= 11 is 0. The maximum Gasteiger partial charge on any atom is 0.278 e. The van der Waals surface area contributed by atoms with Crippen LogP contribution >= 0.6 is 0 Å². The van der Waals surface area contributed by atoms with Crippen molar-refractivity contribution in [2.75, 3.05) is 13.1 Å². The zero-order chi connectivity index (χ0) is 17.4. The minimum Gasteiger partial charge on any atom is -0.444 e. The molecule has 1 unspecified atom stereocenters. The van der Waals surface area contributed by atoms with Gasteiger partial charge in [0.25, 0.3) is 5.79 Å². The molecule has 2 aromatic rings. The fourth-order valence-electron chi connectivity index (χ4n) is 3.67. The Hall–Kier alpha value is -2.58. The lowest BCUT2D eigenvalue weighted by atomic mass is 9.89. The van der Waals surface area contributed by atoms with Crippen molar-refractivity contribution < 1.29 is 13.9 Å². The lowest BCUT2D eigenvalue weighted by Crippen LogP contribution is -2.33. The molecule has 1 N–H and O–H groups in total. The van der Waals surface area contributed by atoms with E-state index in [2.05, 4.69) is 11.4 Å². The number of halogens is 1. The quantitative estimate of drug-likeness (QED) is 0.905. The zero-order valence-electron chi connectivity index (χ0n) is 14.0. The number of nitriles is 1. The Morgan fingerprint density at radius 3 is 2.72 bits per heavy atom. The van der Waals surface area contributed by atoms with Crippen LogP contribution < -0.4 is 14.8 Å². The third kappa shape index (κ3) is 2.73. The SMILES string of the molecule is CC1(c2ccc(C#N)cc2F)Oc2cccc(C3CCNCC3)c2O1. The molecule has 0 spiro atoms. The van der Waals surface area contributed by atoms with Crippen LogP contribution in [0.25, 0.3) is 0 Å². The Morgan fingerprint density at radius 1 is 1.20 bits per heavy atom. The van der Waals surface area contributed by atoms with Gasteiger partial charge in [-0.2, -0.15) is 5.26 Å². The smallest absolute Gasteiger partial charge is 0.278 e. The highest BCUT2D eigenvalue weighted by Crippen LogP contribution is 2.49. The summed E-state index contributed by atoms with van der Waals surface area (Å²) in [6.07, 6.45) is 2.09. The Kier molecular flexibility index (Phi) is 3.85. The van der Waals surface area contributed by atoms with E-state index in [0.29, 0.717) is 23.0 Å². The van der Waals surface area contributed by atoms with E-state index in [9.17, 15) is 4.39 Å². The van der Waals surface area contributed by atoms with E-state index >= 15 is 0 Å². The Bertz CT molecular complexity index is 855. The standard InChI is InChI=1S/C20H19FN2O2/c1-20(16-6-5-13(12-22)11-17(16)21)24-18-4-2-3-15(19(18)25-20)14-7-9-23-10-8-14/h2-6,11,14,23H,7-10H2,1H3. The van der Waals surface area contributed by atoms with Crippen molar-refractivity contribution in [3.63, 3.8) is 0 Å². The highest BCUT2D eigenvalue weighted by molar-refractivity contribution is 5.52. The summed E-state index contributed by atoms with van der Waals surface area (Å²) in [6.45, 7) is 3.68. The summed E-state index contributed by atoms with van der Waals surface area (Å²) in [5.74, 6) is 0.0253. The van der Waals surface area contributed by atoms with Gasteiger partial charge < -0.3 is 14.8 Å². The predicted octanol–water partition coefficient (Wildman–Crippen LogP) is 3.81. The van der Waals surface area contributed by atoms with E-state index in [-0.39, 0.29) is 5.56 Å². The van der Waals surface area contributed by atoms with Crippen LogP contribution in [0.3, 0.4) is 0 Å². The maximum atomic E-state index is 14.5. The van der Waals surface area contributed by atoms with Crippen molar-refractivity contribution >= 4 is 0 Å². The van der Waals surface area contributed by atoms with Gasteiger partial charge in [0.15, 0.2) is 11.5 Å². The van der Waals surface area contributed by atoms with Crippen LogP contribution in [0.5, 0.6) is 11.5 Å². The zero-order valence-corrected chi connectivity index (χ0v) is 14.0. The van der Waals surface area contributed by atoms with E-state index in [1.807, 2.05) is 18.2 Å². The Balaban J connectivity index is 1.70. The number of nitrogens with one attached hydrogen (secondary N) is 1. The van der Waals surface area contributed by atoms with Crippen molar-refractivity contribution in [2.24, 2.45) is 0 Å². The number of fused-ring (bicyclic) bond motifs is 1. The number of hydrogen-bond donors (Lipinski definition) is 1. The summed E-state index contributed by atoms with van der Waals surface area (Å²) in [4.78, 5) is 0. The van der Waals surface area contributed by atoms with Gasteiger partial charge in [-0.05, 0) is 56.1 Å². The van der Waals surface area contributed by atoms with Crippen molar-refractivity contribution in [2.45, 2.75) is 31.5 Å².